The van der Waals surface area contributed by atoms with Gasteiger partial charge in [-0.2, -0.15) is 5.10 Å². The smallest absolute Gasteiger partial charge is 0.338 e. The van der Waals surface area contributed by atoms with Crippen molar-refractivity contribution in [1.82, 2.24) is 5.43 Å². The van der Waals surface area contributed by atoms with Crippen molar-refractivity contribution in [2.45, 2.75) is 110 Å². The third kappa shape index (κ3) is 13.2. The van der Waals surface area contributed by atoms with Gasteiger partial charge in [-0.3, -0.25) is 19.8 Å². The normalized spacial score (nSPS) is 28.3. The number of ether oxygens (including phenoxy) is 8. The number of ketones is 1. The number of aliphatic hydroxyl groups is 2. The van der Waals surface area contributed by atoms with E-state index in [4.69, 9.17) is 37.9 Å². The minimum atomic E-state index is -2.22. The number of fused-ring (bicyclic) bond motifs is 14. The van der Waals surface area contributed by atoms with Crippen LogP contribution in [0.15, 0.2) is 132 Å². The summed E-state index contributed by atoms with van der Waals surface area (Å²) in [6.07, 6.45) is -2.25. The molecule has 4 aliphatic rings. The summed E-state index contributed by atoms with van der Waals surface area (Å²) in [6, 6.07) is 23.8. The molecule has 0 aromatic heterocycles. The molecule has 454 valence electrons. The number of carbonyl (C=O) groups excluding carboxylic acids is 6. The van der Waals surface area contributed by atoms with Gasteiger partial charge in [-0.1, -0.05) is 101 Å². The van der Waals surface area contributed by atoms with Crippen molar-refractivity contribution in [3.8, 4) is 23.0 Å². The number of allylic oxidation sites excluding steroid dienone is 2. The van der Waals surface area contributed by atoms with Gasteiger partial charge in [0.05, 0.1) is 69.7 Å². The van der Waals surface area contributed by atoms with E-state index in [0.29, 0.717) is 0 Å². The molecule has 22 nitrogen and oxygen atoms in total. The number of hydrogen-bond acceptors (Lipinski definition) is 21. The summed E-state index contributed by atoms with van der Waals surface area (Å²) in [5, 5.41) is 66.1. The van der Waals surface area contributed by atoms with E-state index in [1.165, 1.54) is 89.4 Å². The molecule has 22 heteroatoms. The highest BCUT2D eigenvalue weighted by Gasteiger charge is 2.52. The summed E-state index contributed by atoms with van der Waals surface area (Å²) in [5.41, 5.74) is 1.69. The lowest BCUT2D eigenvalue weighted by atomic mass is 9.78. The van der Waals surface area contributed by atoms with E-state index in [-0.39, 0.29) is 39.1 Å². The number of phenols is 3. The van der Waals surface area contributed by atoms with Gasteiger partial charge in [-0.15, -0.1) is 0 Å². The van der Waals surface area contributed by atoms with Crippen molar-refractivity contribution in [2.24, 2.45) is 28.8 Å². The second-order valence-corrected chi connectivity index (χ2v) is 21.5. The first-order chi connectivity index (χ1) is 41.0. The zero-order valence-corrected chi connectivity index (χ0v) is 48.7. The van der Waals surface area contributed by atoms with E-state index in [2.05, 4.69) is 15.8 Å². The molecule has 1 saturated heterocycles. The molecule has 5 aromatic rings. The van der Waals surface area contributed by atoms with E-state index in [1.807, 2.05) is 0 Å². The number of amides is 1. The molecule has 0 aliphatic carbocycles. The highest BCUT2D eigenvalue weighted by atomic mass is 16.7. The van der Waals surface area contributed by atoms with Crippen LogP contribution < -0.4 is 15.5 Å². The molecule has 0 radical (unpaired) electrons. The maximum atomic E-state index is 14.9. The number of esters is 4. The van der Waals surface area contributed by atoms with Crippen LogP contribution in [-0.4, -0.2) is 136 Å². The molecular formula is C64H69N3O19. The van der Waals surface area contributed by atoms with Gasteiger partial charge in [-0.25, -0.2) is 14.4 Å². The number of nitrogens with zero attached hydrogens (tertiary/aromatic N) is 1. The van der Waals surface area contributed by atoms with E-state index in [1.54, 1.807) is 88.4 Å². The van der Waals surface area contributed by atoms with Gasteiger partial charge in [0.1, 0.15) is 36.1 Å². The van der Waals surface area contributed by atoms with Crippen LogP contribution in [0, 0.1) is 30.6 Å². The monoisotopic (exact) mass is 1180 g/mol. The summed E-state index contributed by atoms with van der Waals surface area (Å²) in [5.74, 6) is -12.6. The van der Waals surface area contributed by atoms with Gasteiger partial charge in [-0.05, 0) is 56.3 Å². The first-order valence-corrected chi connectivity index (χ1v) is 27.7. The summed E-state index contributed by atoms with van der Waals surface area (Å²) >= 11 is 0. The third-order valence-electron chi connectivity index (χ3n) is 15.6. The van der Waals surface area contributed by atoms with Crippen LogP contribution in [0.25, 0.3) is 10.8 Å². The lowest BCUT2D eigenvalue weighted by Crippen LogP contribution is -2.46. The van der Waals surface area contributed by atoms with Crippen LogP contribution in [-0.2, 0) is 42.7 Å². The highest BCUT2D eigenvalue weighted by molar-refractivity contribution is 6.24. The van der Waals surface area contributed by atoms with Crippen LogP contribution >= 0.6 is 0 Å². The Hall–Kier alpha value is -9.09. The molecule has 0 saturated carbocycles. The Kier molecular flexibility index (Phi) is 19.7. The lowest BCUT2D eigenvalue weighted by molar-refractivity contribution is -0.160. The van der Waals surface area contributed by atoms with Crippen LogP contribution in [0.5, 0.6) is 23.0 Å². The van der Waals surface area contributed by atoms with Gasteiger partial charge in [0.2, 0.25) is 0 Å². The number of benzene rings is 5. The minimum Gasteiger partial charge on any atom is -0.507 e. The van der Waals surface area contributed by atoms with E-state index >= 15 is 0 Å². The van der Waals surface area contributed by atoms with Crippen LogP contribution in [0.3, 0.4) is 0 Å². The van der Waals surface area contributed by atoms with Gasteiger partial charge in [0.15, 0.2) is 24.2 Å². The number of hydrazone groups is 1. The summed E-state index contributed by atoms with van der Waals surface area (Å²) < 4.78 is 47.9. The number of Topliss-reactive ketones (excluding diaryl/α,β-unsaturated/α-hetero) is 1. The molecule has 13 unspecified atom stereocenters. The maximum Gasteiger partial charge on any atom is 0.338 e. The van der Waals surface area contributed by atoms with Gasteiger partial charge in [0.25, 0.3) is 11.7 Å². The van der Waals surface area contributed by atoms with Crippen LogP contribution in [0.1, 0.15) is 101 Å². The number of carbonyl (C=O) groups is 6. The first-order valence-electron chi connectivity index (χ1n) is 27.7. The van der Waals surface area contributed by atoms with Crippen molar-refractivity contribution in [3.05, 3.63) is 161 Å². The number of aliphatic hydroxyl groups excluding tert-OH is 2. The van der Waals surface area contributed by atoms with Crippen molar-refractivity contribution in [1.29, 1.82) is 0 Å². The molecule has 9 rings (SSSR count). The Bertz CT molecular complexity index is 3480. The molecule has 1 amide bonds. The van der Waals surface area contributed by atoms with E-state index in [0.717, 1.165) is 12.5 Å². The second kappa shape index (κ2) is 26.9. The summed E-state index contributed by atoms with van der Waals surface area (Å²) in [4.78, 5) is 82.7. The molecule has 0 spiro atoms. The quantitative estimate of drug-likeness (QED) is 0.0157. The fourth-order valence-corrected chi connectivity index (χ4v) is 10.6. The third-order valence-corrected chi connectivity index (χ3v) is 15.6. The van der Waals surface area contributed by atoms with E-state index < -0.39 is 160 Å². The number of anilines is 1. The highest BCUT2D eigenvalue weighted by Crippen LogP contribution is 2.55. The van der Waals surface area contributed by atoms with Gasteiger partial charge >= 0.3 is 29.7 Å². The Morgan fingerprint density at radius 2 is 1.30 bits per heavy atom. The summed E-state index contributed by atoms with van der Waals surface area (Å²) in [6.45, 7) is 11.5. The van der Waals surface area contributed by atoms with Crippen LogP contribution in [0.2, 0.25) is 0 Å². The predicted octanol–water partition coefficient (Wildman–Crippen LogP) is 7.71. The second-order valence-electron chi connectivity index (χ2n) is 21.5. The first kappa shape index (κ1) is 62.9. The molecule has 7 N–H and O–H groups in total. The molecule has 86 heavy (non-hydrogen) atoms. The molecule has 1 fully saturated rings. The number of phenolic OH excluding ortho intramolecular Hbond substituents is 3. The average molecular weight is 1180 g/mol. The molecule has 5 bridgehead atoms. The Morgan fingerprint density at radius 1 is 0.721 bits per heavy atom. The average Bonchev–Trinajstić information content (AvgIpc) is 1.46. The van der Waals surface area contributed by atoms with Gasteiger partial charge < -0.3 is 68.7 Å². The molecule has 13 atom stereocenters. The lowest BCUT2D eigenvalue weighted by Gasteiger charge is -2.38. The maximum absolute atomic E-state index is 14.9. The fraction of sp³-hybridized carbons (Fsp3) is 0.359. The zero-order chi connectivity index (χ0) is 62.3. The number of methoxy groups -OCH3 is 1. The molecule has 4 heterocycles. The minimum absolute atomic E-state index is 0.0152. The largest absolute Gasteiger partial charge is 0.507 e. The Morgan fingerprint density at radius 3 is 1.88 bits per heavy atom. The Labute approximate surface area is 495 Å². The summed E-state index contributed by atoms with van der Waals surface area (Å²) in [7, 11) is 1.39. The molecule has 4 aliphatic heterocycles. The van der Waals surface area contributed by atoms with Crippen molar-refractivity contribution < 1.29 is 92.2 Å². The fourth-order valence-electron chi connectivity index (χ4n) is 10.6. The SMILES string of the molecule is COC1/C=C/OC2(C)Oc3c(C)c(O)c4c(O)c(c(/C=N\NC5OC(COC(=O)c6ccccc6)C(OC(=O)c6ccccc6)C5OC(=O)c5ccccc5)c(O)c4c3C2=O)NC(=O)/C(C)=C/C=C/C(C)C(O)C(C)C(O)C(C)C(OC(C)=O)C1C. The molecule has 5 aromatic carbocycles. The number of nitrogens with one attached hydrogen (secondary N) is 2. The van der Waals surface area contributed by atoms with Gasteiger partial charge in [0, 0.05) is 61.2 Å². The van der Waals surface area contributed by atoms with Crippen molar-refractivity contribution in [3.63, 3.8) is 0 Å². The Balaban J connectivity index is 1.24. The van der Waals surface area contributed by atoms with Crippen molar-refractivity contribution >= 4 is 58.2 Å². The van der Waals surface area contributed by atoms with E-state index in [9.17, 15) is 54.3 Å². The number of hydrogen-bond donors (Lipinski definition) is 7. The zero-order valence-electron chi connectivity index (χ0n) is 48.7. The number of aromatic hydroxyl groups is 3. The molecular weight excluding hydrogens is 1110 g/mol. The predicted molar refractivity (Wildman–Crippen MR) is 311 cm³/mol. The van der Waals surface area contributed by atoms with Crippen LogP contribution in [0.4, 0.5) is 5.69 Å². The topological polar surface area (TPSA) is 314 Å². The van der Waals surface area contributed by atoms with Crippen molar-refractivity contribution in [2.75, 3.05) is 19.0 Å². The standard InChI is InChI=1S/C64H69N3O19/c1-32-20-19-21-33(2)59(75)66-48-42(30-65-67-60-57(85-63(78)41-26-17-12-18-27-41)56(84-62(77)40-24-15-11-16-25-40)44(83-60)31-80-61(76)39-22-13-10-14-23-39)52(72)45-46(53(48)73)51(71)37(6)55-47(45)58(74)64(8,86-55)81-29-28-43(79-9)34(3)54(82-38(7)68)36(5)50(70)35(4)49(32)69/h10-30,32,34-36,43-44,49-50,54,56-57,60,67,69-73H,31H2,1-9H3,(H,66,75)/b20-19+,29-28+,33-21+,65-30-. The number of rotatable bonds is 12.